The summed E-state index contributed by atoms with van der Waals surface area (Å²) in [6.07, 6.45) is 4.30. The molecule has 0 saturated heterocycles. The van der Waals surface area contributed by atoms with Gasteiger partial charge in [0.05, 0.1) is 5.51 Å². The van der Waals surface area contributed by atoms with E-state index in [1.165, 1.54) is 28.8 Å². The van der Waals surface area contributed by atoms with E-state index in [9.17, 15) is 0 Å². The normalized spacial score (nSPS) is 12.6. The van der Waals surface area contributed by atoms with Crippen molar-refractivity contribution in [1.82, 2.24) is 10.3 Å². The van der Waals surface area contributed by atoms with Gasteiger partial charge in [-0.25, -0.2) is 0 Å². The van der Waals surface area contributed by atoms with Gasteiger partial charge in [0.25, 0.3) is 0 Å². The molecule has 2 nitrogen and oxygen atoms in total. The fourth-order valence-electron chi connectivity index (χ4n) is 1.96. The van der Waals surface area contributed by atoms with Gasteiger partial charge in [-0.3, -0.25) is 4.98 Å². The lowest BCUT2D eigenvalue weighted by Gasteiger charge is -2.14. The standard InChI is InChI=1S/C15H20N2S/c1-3-4-13-5-7-14(8-6-13)12(2)17-10-15-9-16-11-18-15/h5-9,11-12,17H,3-4,10H2,1-2H3. The molecule has 1 aromatic carbocycles. The summed E-state index contributed by atoms with van der Waals surface area (Å²) in [7, 11) is 0. The van der Waals surface area contributed by atoms with E-state index in [0.717, 1.165) is 6.54 Å². The highest BCUT2D eigenvalue weighted by atomic mass is 32.1. The van der Waals surface area contributed by atoms with E-state index in [1.807, 2.05) is 11.7 Å². The molecule has 1 aromatic heterocycles. The summed E-state index contributed by atoms with van der Waals surface area (Å²) in [4.78, 5) is 5.37. The second-order valence-electron chi connectivity index (χ2n) is 4.56. The number of hydrogen-bond acceptors (Lipinski definition) is 3. The Labute approximate surface area is 113 Å². The van der Waals surface area contributed by atoms with Crippen LogP contribution in [0.25, 0.3) is 0 Å². The van der Waals surface area contributed by atoms with Gasteiger partial charge in [-0.1, -0.05) is 37.6 Å². The average Bonchev–Trinajstić information content (AvgIpc) is 2.90. The van der Waals surface area contributed by atoms with Crippen molar-refractivity contribution in [2.45, 2.75) is 39.3 Å². The Morgan fingerprint density at radius 1 is 1.28 bits per heavy atom. The highest BCUT2D eigenvalue weighted by Crippen LogP contribution is 2.15. The Morgan fingerprint density at radius 3 is 2.67 bits per heavy atom. The number of benzene rings is 1. The van der Waals surface area contributed by atoms with Crippen LogP contribution in [0.5, 0.6) is 0 Å². The Balaban J connectivity index is 1.89. The predicted molar refractivity (Wildman–Crippen MR) is 77.8 cm³/mol. The zero-order valence-corrected chi connectivity index (χ0v) is 11.8. The summed E-state index contributed by atoms with van der Waals surface area (Å²) in [6, 6.07) is 9.32. The van der Waals surface area contributed by atoms with Crippen LogP contribution in [0.2, 0.25) is 0 Å². The molecule has 2 rings (SSSR count). The van der Waals surface area contributed by atoms with Gasteiger partial charge in [-0.2, -0.15) is 0 Å². The van der Waals surface area contributed by atoms with Gasteiger partial charge in [0.1, 0.15) is 0 Å². The maximum atomic E-state index is 4.08. The molecule has 2 aromatic rings. The molecular weight excluding hydrogens is 240 g/mol. The van der Waals surface area contributed by atoms with E-state index in [4.69, 9.17) is 0 Å². The second kappa shape index (κ2) is 6.66. The molecule has 0 radical (unpaired) electrons. The fourth-order valence-corrected chi connectivity index (χ4v) is 2.51. The number of hydrogen-bond donors (Lipinski definition) is 1. The molecule has 0 fully saturated rings. The van der Waals surface area contributed by atoms with Crippen LogP contribution < -0.4 is 5.32 Å². The highest BCUT2D eigenvalue weighted by Gasteiger charge is 2.05. The number of aromatic nitrogens is 1. The Bertz CT molecular complexity index is 448. The Kier molecular flexibility index (Phi) is 4.90. The van der Waals surface area contributed by atoms with Gasteiger partial charge in [-0.15, -0.1) is 11.3 Å². The summed E-state index contributed by atoms with van der Waals surface area (Å²) in [5.74, 6) is 0. The predicted octanol–water partition coefficient (Wildman–Crippen LogP) is 3.95. The topological polar surface area (TPSA) is 24.9 Å². The lowest BCUT2D eigenvalue weighted by Crippen LogP contribution is -2.17. The van der Waals surface area contributed by atoms with Gasteiger partial charge in [-0.05, 0) is 24.5 Å². The lowest BCUT2D eigenvalue weighted by molar-refractivity contribution is 0.578. The molecule has 1 N–H and O–H groups in total. The van der Waals surface area contributed by atoms with E-state index in [1.54, 1.807) is 11.3 Å². The molecule has 18 heavy (non-hydrogen) atoms. The van der Waals surface area contributed by atoms with Crippen LogP contribution in [0.15, 0.2) is 36.0 Å². The van der Waals surface area contributed by atoms with Gasteiger partial charge in [0, 0.05) is 23.7 Å². The van der Waals surface area contributed by atoms with Crippen LogP contribution in [0, 0.1) is 0 Å². The largest absolute Gasteiger partial charge is 0.305 e. The number of rotatable bonds is 6. The molecule has 96 valence electrons. The van der Waals surface area contributed by atoms with E-state index < -0.39 is 0 Å². The molecule has 0 amide bonds. The summed E-state index contributed by atoms with van der Waals surface area (Å²) < 4.78 is 0. The zero-order valence-electron chi connectivity index (χ0n) is 11.0. The molecule has 1 atom stereocenters. The third-order valence-corrected chi connectivity index (χ3v) is 3.86. The maximum Gasteiger partial charge on any atom is 0.0794 e. The molecule has 0 aliphatic heterocycles. The van der Waals surface area contributed by atoms with Gasteiger partial charge in [0.15, 0.2) is 0 Å². The smallest absolute Gasteiger partial charge is 0.0794 e. The Morgan fingerprint density at radius 2 is 2.06 bits per heavy atom. The van der Waals surface area contributed by atoms with Crippen molar-refractivity contribution in [2.75, 3.05) is 0 Å². The van der Waals surface area contributed by atoms with Crippen molar-refractivity contribution in [3.8, 4) is 0 Å². The third kappa shape index (κ3) is 3.65. The number of aryl methyl sites for hydroxylation is 1. The van der Waals surface area contributed by atoms with E-state index in [-0.39, 0.29) is 0 Å². The molecule has 0 aliphatic rings. The number of nitrogens with one attached hydrogen (secondary N) is 1. The second-order valence-corrected chi connectivity index (χ2v) is 5.53. The fraction of sp³-hybridized carbons (Fsp3) is 0.400. The summed E-state index contributed by atoms with van der Waals surface area (Å²) in [6.45, 7) is 5.31. The SMILES string of the molecule is CCCc1ccc(C(C)NCc2cncs2)cc1. The minimum Gasteiger partial charge on any atom is -0.305 e. The van der Waals surface area contributed by atoms with Crippen molar-refractivity contribution in [2.24, 2.45) is 0 Å². The van der Waals surface area contributed by atoms with Crippen LogP contribution in [-0.4, -0.2) is 4.98 Å². The summed E-state index contributed by atoms with van der Waals surface area (Å²) >= 11 is 1.70. The number of thiazole rings is 1. The van der Waals surface area contributed by atoms with Crippen molar-refractivity contribution in [3.05, 3.63) is 52.0 Å². The first kappa shape index (κ1) is 13.2. The first-order valence-electron chi connectivity index (χ1n) is 6.49. The van der Waals surface area contributed by atoms with Crippen LogP contribution in [-0.2, 0) is 13.0 Å². The van der Waals surface area contributed by atoms with Crippen molar-refractivity contribution in [3.63, 3.8) is 0 Å². The molecule has 0 aliphatic carbocycles. The van der Waals surface area contributed by atoms with Crippen LogP contribution >= 0.6 is 11.3 Å². The van der Waals surface area contributed by atoms with Gasteiger partial charge < -0.3 is 5.32 Å². The van der Waals surface area contributed by atoms with Crippen LogP contribution in [0.4, 0.5) is 0 Å². The quantitative estimate of drug-likeness (QED) is 0.850. The minimum absolute atomic E-state index is 0.378. The molecule has 0 bridgehead atoms. The first-order chi connectivity index (χ1) is 8.79. The van der Waals surface area contributed by atoms with Crippen molar-refractivity contribution >= 4 is 11.3 Å². The molecule has 0 saturated carbocycles. The molecule has 1 heterocycles. The zero-order chi connectivity index (χ0) is 12.8. The highest BCUT2D eigenvalue weighted by molar-refractivity contribution is 7.09. The molecule has 1 unspecified atom stereocenters. The number of nitrogens with zero attached hydrogens (tertiary/aromatic N) is 1. The van der Waals surface area contributed by atoms with E-state index >= 15 is 0 Å². The monoisotopic (exact) mass is 260 g/mol. The lowest BCUT2D eigenvalue weighted by atomic mass is 10.0. The third-order valence-electron chi connectivity index (χ3n) is 3.08. The summed E-state index contributed by atoms with van der Waals surface area (Å²) in [5, 5.41) is 3.52. The van der Waals surface area contributed by atoms with Crippen molar-refractivity contribution in [1.29, 1.82) is 0 Å². The van der Waals surface area contributed by atoms with E-state index in [2.05, 4.69) is 48.4 Å². The van der Waals surface area contributed by atoms with Crippen LogP contribution in [0.3, 0.4) is 0 Å². The van der Waals surface area contributed by atoms with Crippen LogP contribution in [0.1, 0.15) is 42.3 Å². The van der Waals surface area contributed by atoms with E-state index in [0.29, 0.717) is 6.04 Å². The Hall–Kier alpha value is -1.19. The molecule has 3 heteroatoms. The van der Waals surface area contributed by atoms with Crippen molar-refractivity contribution < 1.29 is 0 Å². The molecular formula is C15H20N2S. The maximum absolute atomic E-state index is 4.08. The average molecular weight is 260 g/mol. The van der Waals surface area contributed by atoms with Gasteiger partial charge >= 0.3 is 0 Å². The molecule has 0 spiro atoms. The summed E-state index contributed by atoms with van der Waals surface area (Å²) in [5.41, 5.74) is 4.65. The first-order valence-corrected chi connectivity index (χ1v) is 7.37. The minimum atomic E-state index is 0.378. The van der Waals surface area contributed by atoms with Gasteiger partial charge in [0.2, 0.25) is 0 Å².